The van der Waals surface area contributed by atoms with Gasteiger partial charge in [0, 0.05) is 18.9 Å². The number of aryl methyl sites for hydroxylation is 1. The molecular weight excluding hydrogens is 406 g/mol. The number of guanidine groups is 1. The maximum atomic E-state index is 11.6. The lowest BCUT2D eigenvalue weighted by Crippen LogP contribution is -2.29. The zero-order valence-electron chi connectivity index (χ0n) is 18.0. The molecule has 3 aromatic rings. The van der Waals surface area contributed by atoms with Crippen molar-refractivity contribution >= 4 is 24.0 Å². The number of ether oxygens (including phenoxy) is 1. The molecule has 0 spiro atoms. The third kappa shape index (κ3) is 5.58. The van der Waals surface area contributed by atoms with Gasteiger partial charge in [-0.3, -0.25) is 9.98 Å². The molecule has 1 heterocycles. The van der Waals surface area contributed by atoms with E-state index in [9.17, 15) is 10.1 Å². The van der Waals surface area contributed by atoms with Crippen LogP contribution >= 0.6 is 0 Å². The standard InChI is InChI=1S/C23H23N7O2/c1-16-13-30(15-28-16)21-8-7-20(10-19(21)11-24)29-23(25-2)27-14-26-12-17-5-4-6-18(9-17)22(31)32-3/h4-10,13-15H,12H2,1-3H3,(H2,25,26,27,29). The Labute approximate surface area is 186 Å². The lowest BCUT2D eigenvalue weighted by Gasteiger charge is -2.11. The van der Waals surface area contributed by atoms with E-state index >= 15 is 0 Å². The lowest BCUT2D eigenvalue weighted by molar-refractivity contribution is 0.0600. The average molecular weight is 429 g/mol. The number of hydrogen-bond acceptors (Lipinski definition) is 6. The molecule has 9 nitrogen and oxygen atoms in total. The van der Waals surface area contributed by atoms with Crippen LogP contribution in [0.3, 0.4) is 0 Å². The van der Waals surface area contributed by atoms with E-state index in [1.807, 2.05) is 35.9 Å². The van der Waals surface area contributed by atoms with Gasteiger partial charge in [0.15, 0.2) is 0 Å². The van der Waals surface area contributed by atoms with Gasteiger partial charge < -0.3 is 19.9 Å². The third-order valence-corrected chi connectivity index (χ3v) is 4.51. The van der Waals surface area contributed by atoms with Gasteiger partial charge in [-0.1, -0.05) is 12.1 Å². The maximum absolute atomic E-state index is 11.6. The fourth-order valence-electron chi connectivity index (χ4n) is 2.95. The molecular formula is C23H23N7O2. The SMILES string of the molecule is CN=C(NC=NCc1cccc(C(=O)OC)c1)Nc1ccc(-n2cnc(C)c2)c(C#N)c1. The molecule has 32 heavy (non-hydrogen) atoms. The summed E-state index contributed by atoms with van der Waals surface area (Å²) in [7, 11) is 2.98. The highest BCUT2D eigenvalue weighted by Gasteiger charge is 2.08. The normalized spacial score (nSPS) is 11.2. The van der Waals surface area contributed by atoms with Crippen LogP contribution in [-0.2, 0) is 11.3 Å². The van der Waals surface area contributed by atoms with E-state index in [1.165, 1.54) is 13.4 Å². The number of anilines is 1. The minimum absolute atomic E-state index is 0.381. The highest BCUT2D eigenvalue weighted by Crippen LogP contribution is 2.19. The van der Waals surface area contributed by atoms with Crippen molar-refractivity contribution in [3.8, 4) is 11.8 Å². The van der Waals surface area contributed by atoms with Gasteiger partial charge in [-0.05, 0) is 42.8 Å². The van der Waals surface area contributed by atoms with Crippen molar-refractivity contribution in [2.24, 2.45) is 9.98 Å². The Bertz CT molecular complexity index is 1210. The Balaban J connectivity index is 1.62. The van der Waals surface area contributed by atoms with Crippen molar-refractivity contribution in [2.45, 2.75) is 13.5 Å². The zero-order chi connectivity index (χ0) is 22.9. The number of nitriles is 1. The molecule has 162 valence electrons. The summed E-state index contributed by atoms with van der Waals surface area (Å²) in [5.74, 6) is 0.0802. The van der Waals surface area contributed by atoms with E-state index in [-0.39, 0.29) is 5.97 Å². The molecule has 0 saturated heterocycles. The molecule has 2 N–H and O–H groups in total. The van der Waals surface area contributed by atoms with Crippen molar-refractivity contribution in [3.63, 3.8) is 0 Å². The quantitative estimate of drug-likeness (QED) is 0.353. The Kier molecular flexibility index (Phi) is 7.33. The number of carbonyl (C=O) groups is 1. The van der Waals surface area contributed by atoms with E-state index < -0.39 is 0 Å². The molecule has 0 aliphatic rings. The van der Waals surface area contributed by atoms with Crippen LogP contribution in [0.1, 0.15) is 27.2 Å². The second-order valence-corrected chi connectivity index (χ2v) is 6.77. The van der Waals surface area contributed by atoms with Gasteiger partial charge in [0.25, 0.3) is 0 Å². The number of nitrogens with one attached hydrogen (secondary N) is 2. The largest absolute Gasteiger partial charge is 0.465 e. The van der Waals surface area contributed by atoms with Crippen LogP contribution in [0.15, 0.2) is 65.0 Å². The number of esters is 1. The summed E-state index contributed by atoms with van der Waals surface area (Å²) < 4.78 is 6.54. The van der Waals surface area contributed by atoms with Gasteiger partial charge >= 0.3 is 5.97 Å². The molecule has 3 rings (SSSR count). The number of carbonyl (C=O) groups excluding carboxylic acids is 1. The molecule has 1 aromatic heterocycles. The molecule has 0 fully saturated rings. The molecule has 0 aliphatic heterocycles. The molecule has 0 saturated carbocycles. The third-order valence-electron chi connectivity index (χ3n) is 4.51. The molecule has 0 atom stereocenters. The number of aromatic nitrogens is 2. The number of rotatable bonds is 6. The second kappa shape index (κ2) is 10.5. The van der Waals surface area contributed by atoms with E-state index in [0.717, 1.165) is 16.9 Å². The number of benzene rings is 2. The van der Waals surface area contributed by atoms with Gasteiger partial charge in [0.1, 0.15) is 6.07 Å². The summed E-state index contributed by atoms with van der Waals surface area (Å²) in [6.07, 6.45) is 5.06. The molecule has 2 aromatic carbocycles. The summed E-state index contributed by atoms with van der Waals surface area (Å²) >= 11 is 0. The summed E-state index contributed by atoms with van der Waals surface area (Å²) in [6, 6.07) is 14.8. The monoisotopic (exact) mass is 429 g/mol. The Morgan fingerprint density at radius 1 is 1.31 bits per heavy atom. The van der Waals surface area contributed by atoms with E-state index in [2.05, 4.69) is 31.7 Å². The Morgan fingerprint density at radius 2 is 2.16 bits per heavy atom. The van der Waals surface area contributed by atoms with Gasteiger partial charge in [-0.25, -0.2) is 9.78 Å². The van der Waals surface area contributed by atoms with Crippen molar-refractivity contribution in [3.05, 3.63) is 77.4 Å². The number of aliphatic imine (C=N–C) groups is 2. The van der Waals surface area contributed by atoms with Crippen LogP contribution in [0.4, 0.5) is 5.69 Å². The first-order valence-electron chi connectivity index (χ1n) is 9.75. The first-order valence-corrected chi connectivity index (χ1v) is 9.75. The van der Waals surface area contributed by atoms with Gasteiger partial charge in [0.2, 0.25) is 5.96 Å². The molecule has 0 aliphatic carbocycles. The zero-order valence-corrected chi connectivity index (χ0v) is 18.0. The maximum Gasteiger partial charge on any atom is 0.337 e. The molecule has 0 radical (unpaired) electrons. The van der Waals surface area contributed by atoms with Crippen molar-refractivity contribution in [1.29, 1.82) is 5.26 Å². The summed E-state index contributed by atoms with van der Waals surface area (Å²) in [5, 5.41) is 15.7. The predicted molar refractivity (Wildman–Crippen MR) is 123 cm³/mol. The average Bonchev–Trinajstić information content (AvgIpc) is 3.26. The highest BCUT2D eigenvalue weighted by molar-refractivity contribution is 6.00. The number of nitrogens with zero attached hydrogens (tertiary/aromatic N) is 5. The van der Waals surface area contributed by atoms with Crippen molar-refractivity contribution in [1.82, 2.24) is 14.9 Å². The number of imidazole rings is 1. The number of methoxy groups -OCH3 is 1. The van der Waals surface area contributed by atoms with Crippen LogP contribution in [0.2, 0.25) is 0 Å². The highest BCUT2D eigenvalue weighted by atomic mass is 16.5. The molecule has 0 amide bonds. The summed E-state index contributed by atoms with van der Waals surface area (Å²) in [4.78, 5) is 24.3. The van der Waals surface area contributed by atoms with Crippen LogP contribution in [-0.4, -0.2) is 42.0 Å². The van der Waals surface area contributed by atoms with Gasteiger partial charge in [-0.2, -0.15) is 5.26 Å². The van der Waals surface area contributed by atoms with Crippen LogP contribution < -0.4 is 10.6 Å². The van der Waals surface area contributed by atoms with Crippen LogP contribution in [0.25, 0.3) is 5.69 Å². The lowest BCUT2D eigenvalue weighted by atomic mass is 10.1. The van der Waals surface area contributed by atoms with Crippen molar-refractivity contribution < 1.29 is 9.53 Å². The summed E-state index contributed by atoms with van der Waals surface area (Å²) in [5.41, 5.74) is 4.18. The fourth-order valence-corrected chi connectivity index (χ4v) is 2.95. The van der Waals surface area contributed by atoms with Crippen LogP contribution in [0.5, 0.6) is 0 Å². The molecule has 0 bridgehead atoms. The molecule has 0 unspecified atom stereocenters. The smallest absolute Gasteiger partial charge is 0.337 e. The second-order valence-electron chi connectivity index (χ2n) is 6.77. The van der Waals surface area contributed by atoms with Gasteiger partial charge in [0.05, 0.1) is 48.8 Å². The minimum atomic E-state index is -0.385. The minimum Gasteiger partial charge on any atom is -0.465 e. The first-order chi connectivity index (χ1) is 15.5. The van der Waals surface area contributed by atoms with Crippen LogP contribution in [0, 0.1) is 18.3 Å². The molecule has 9 heteroatoms. The summed E-state index contributed by atoms with van der Waals surface area (Å²) in [6.45, 7) is 2.28. The van der Waals surface area contributed by atoms with E-state index in [0.29, 0.717) is 29.3 Å². The van der Waals surface area contributed by atoms with Crippen molar-refractivity contribution in [2.75, 3.05) is 19.5 Å². The Hall–Kier alpha value is -4.45. The van der Waals surface area contributed by atoms with E-state index in [4.69, 9.17) is 4.74 Å². The predicted octanol–water partition coefficient (Wildman–Crippen LogP) is 3.05. The Morgan fingerprint density at radius 3 is 2.84 bits per heavy atom. The first kappa shape index (κ1) is 22.2. The van der Waals surface area contributed by atoms with Gasteiger partial charge in [-0.15, -0.1) is 0 Å². The van der Waals surface area contributed by atoms with E-state index in [1.54, 1.807) is 37.6 Å². The number of hydrogen-bond donors (Lipinski definition) is 2. The fraction of sp³-hybridized carbons (Fsp3) is 0.174. The topological polar surface area (TPSA) is 117 Å².